The number of aryl methyl sites for hydroxylation is 1. The second-order valence-corrected chi connectivity index (χ2v) is 8.85. The molecule has 2 aromatic heterocycles. The minimum atomic E-state index is -1.41. The van der Waals surface area contributed by atoms with Crippen LogP contribution in [0.25, 0.3) is 11.3 Å². The minimum absolute atomic E-state index is 0.639. The van der Waals surface area contributed by atoms with Gasteiger partial charge in [-0.25, -0.2) is 9.37 Å². The van der Waals surface area contributed by atoms with Crippen molar-refractivity contribution in [1.82, 2.24) is 14.8 Å². The van der Waals surface area contributed by atoms with Gasteiger partial charge in [-0.15, -0.1) is 0 Å². The Labute approximate surface area is 189 Å². The largest absolute Gasteiger partial charge is 0.372 e. The molecular formula is C25H31FN6. The fourth-order valence-electron chi connectivity index (χ4n) is 3.97. The Morgan fingerprint density at radius 3 is 2.62 bits per heavy atom. The molecule has 0 radical (unpaired) electrons. The Kier molecular flexibility index (Phi) is 5.91. The van der Waals surface area contributed by atoms with Crippen LogP contribution >= 0.6 is 0 Å². The molecule has 7 heteroatoms. The van der Waals surface area contributed by atoms with Crippen molar-refractivity contribution in [2.75, 3.05) is 35.3 Å². The van der Waals surface area contributed by atoms with Gasteiger partial charge in [-0.1, -0.05) is 24.8 Å². The first-order valence-corrected chi connectivity index (χ1v) is 11.0. The third-order valence-electron chi connectivity index (χ3n) is 5.81. The number of hydrogen-bond acceptors (Lipinski definition) is 5. The maximum atomic E-state index is 14.6. The van der Waals surface area contributed by atoms with Crippen LogP contribution in [0.1, 0.15) is 32.3 Å². The number of rotatable bonds is 5. The highest BCUT2D eigenvalue weighted by atomic mass is 19.1. The number of alkyl halides is 1. The van der Waals surface area contributed by atoms with Gasteiger partial charge in [0.15, 0.2) is 5.82 Å². The molecule has 1 aliphatic heterocycles. The van der Waals surface area contributed by atoms with Crippen molar-refractivity contribution >= 4 is 17.2 Å². The van der Waals surface area contributed by atoms with Crippen molar-refractivity contribution in [3.63, 3.8) is 0 Å². The smallest absolute Gasteiger partial charge is 0.158 e. The number of aromatic nitrogens is 3. The van der Waals surface area contributed by atoms with Crippen LogP contribution in [0.15, 0.2) is 61.2 Å². The quantitative estimate of drug-likeness (QED) is 0.590. The van der Waals surface area contributed by atoms with Crippen molar-refractivity contribution in [1.29, 1.82) is 0 Å². The van der Waals surface area contributed by atoms with Gasteiger partial charge < -0.3 is 15.1 Å². The lowest BCUT2D eigenvalue weighted by molar-refractivity contribution is 0.221. The zero-order valence-corrected chi connectivity index (χ0v) is 19.3. The lowest BCUT2D eigenvalue weighted by Gasteiger charge is -2.33. The average Bonchev–Trinajstić information content (AvgIpc) is 3.15. The highest BCUT2D eigenvalue weighted by Crippen LogP contribution is 2.35. The molecule has 6 nitrogen and oxygen atoms in total. The number of nitrogens with zero attached hydrogens (tertiary/aromatic N) is 5. The molecule has 1 N–H and O–H groups in total. The molecule has 0 bridgehead atoms. The van der Waals surface area contributed by atoms with E-state index < -0.39 is 5.67 Å². The normalized spacial score (nSPS) is 14.5. The van der Waals surface area contributed by atoms with E-state index in [2.05, 4.69) is 39.9 Å². The van der Waals surface area contributed by atoms with E-state index in [1.165, 1.54) is 0 Å². The van der Waals surface area contributed by atoms with Crippen LogP contribution in [-0.4, -0.2) is 34.9 Å². The first kappa shape index (κ1) is 21.9. The van der Waals surface area contributed by atoms with E-state index >= 15 is 0 Å². The molecule has 0 saturated carbocycles. The van der Waals surface area contributed by atoms with E-state index in [0.717, 1.165) is 60.2 Å². The summed E-state index contributed by atoms with van der Waals surface area (Å²) in [6.07, 6.45) is 5.80. The number of halogens is 1. The number of pyridine rings is 1. The van der Waals surface area contributed by atoms with Gasteiger partial charge in [-0.2, -0.15) is 5.10 Å². The highest BCUT2D eigenvalue weighted by molar-refractivity contribution is 5.75. The van der Waals surface area contributed by atoms with E-state index in [9.17, 15) is 4.39 Å². The summed E-state index contributed by atoms with van der Waals surface area (Å²) in [4.78, 5) is 9.41. The fraction of sp³-hybridized carbons (Fsp3) is 0.360. The number of hydrogen-bond donors (Lipinski definition) is 1. The second-order valence-electron chi connectivity index (χ2n) is 8.85. The summed E-state index contributed by atoms with van der Waals surface area (Å²) in [6.45, 7) is 9.22. The van der Waals surface area contributed by atoms with Gasteiger partial charge in [-0.3, -0.25) is 4.68 Å². The third-order valence-corrected chi connectivity index (χ3v) is 5.81. The molecule has 3 heterocycles. The molecular weight excluding hydrogens is 403 g/mol. The van der Waals surface area contributed by atoms with Crippen LogP contribution in [0.4, 0.5) is 21.6 Å². The molecule has 0 fully saturated rings. The van der Waals surface area contributed by atoms with Gasteiger partial charge in [0.05, 0.1) is 23.3 Å². The van der Waals surface area contributed by atoms with Gasteiger partial charge in [0.2, 0.25) is 0 Å². The molecule has 4 rings (SSSR count). The molecule has 0 unspecified atom stereocenters. The summed E-state index contributed by atoms with van der Waals surface area (Å²) in [5.74, 6) is 1.59. The summed E-state index contributed by atoms with van der Waals surface area (Å²) in [5, 5.41) is 7.59. The zero-order valence-electron chi connectivity index (χ0n) is 19.3. The van der Waals surface area contributed by atoms with E-state index in [1.807, 2.05) is 43.6 Å². The maximum Gasteiger partial charge on any atom is 0.158 e. The first-order chi connectivity index (χ1) is 15.2. The second kappa shape index (κ2) is 8.65. The van der Waals surface area contributed by atoms with Crippen molar-refractivity contribution in [3.05, 3.63) is 66.8 Å². The SMILES string of the molecule is C=C(Nc1cnn(C)c1)N1CCCCN(C)c2ccc(-c3cccc(C(C)(C)F)c3)nc21. The van der Waals surface area contributed by atoms with Crippen molar-refractivity contribution in [3.8, 4) is 11.3 Å². The summed E-state index contributed by atoms with van der Waals surface area (Å²) < 4.78 is 16.3. The van der Waals surface area contributed by atoms with E-state index in [-0.39, 0.29) is 0 Å². The summed E-state index contributed by atoms with van der Waals surface area (Å²) in [6, 6.07) is 11.7. The minimum Gasteiger partial charge on any atom is -0.372 e. The number of fused-ring (bicyclic) bond motifs is 1. The van der Waals surface area contributed by atoms with E-state index in [4.69, 9.17) is 4.98 Å². The predicted octanol–water partition coefficient (Wildman–Crippen LogP) is 5.31. The Balaban J connectivity index is 1.74. The molecule has 168 valence electrons. The van der Waals surface area contributed by atoms with Crippen molar-refractivity contribution < 1.29 is 4.39 Å². The number of nitrogens with one attached hydrogen (secondary N) is 1. The maximum absolute atomic E-state index is 14.6. The lowest BCUT2D eigenvalue weighted by Crippen LogP contribution is -2.33. The molecule has 0 amide bonds. The molecule has 0 aliphatic carbocycles. The van der Waals surface area contributed by atoms with Crippen LogP contribution in [0.3, 0.4) is 0 Å². The molecule has 0 atom stereocenters. The summed E-state index contributed by atoms with van der Waals surface area (Å²) in [5.41, 5.74) is 2.86. The third kappa shape index (κ3) is 4.61. The van der Waals surface area contributed by atoms with Gasteiger partial charge in [-0.05, 0) is 50.5 Å². The predicted molar refractivity (Wildman–Crippen MR) is 130 cm³/mol. The molecule has 0 saturated heterocycles. The summed E-state index contributed by atoms with van der Waals surface area (Å²) >= 11 is 0. The first-order valence-electron chi connectivity index (χ1n) is 11.0. The molecule has 1 aliphatic rings. The topological polar surface area (TPSA) is 49.2 Å². The van der Waals surface area contributed by atoms with Crippen LogP contribution in [-0.2, 0) is 12.7 Å². The molecule has 1 aromatic carbocycles. The Hall–Kier alpha value is -3.35. The van der Waals surface area contributed by atoms with Crippen molar-refractivity contribution in [2.24, 2.45) is 7.05 Å². The van der Waals surface area contributed by atoms with Crippen LogP contribution in [0.5, 0.6) is 0 Å². The number of anilines is 3. The monoisotopic (exact) mass is 434 g/mol. The van der Waals surface area contributed by atoms with Crippen LogP contribution in [0, 0.1) is 0 Å². The lowest BCUT2D eigenvalue weighted by atomic mass is 9.97. The number of benzene rings is 1. The van der Waals surface area contributed by atoms with Crippen LogP contribution < -0.4 is 15.1 Å². The van der Waals surface area contributed by atoms with Gasteiger partial charge >= 0.3 is 0 Å². The standard InChI is InChI=1S/C25H31FN6/c1-18(28-21-16-27-31(5)17-21)32-14-7-6-13-30(4)23-12-11-22(29-24(23)32)19-9-8-10-20(15-19)25(2,3)26/h8-12,15-17,28H,1,6-7,13-14H2,2-5H3. The van der Waals surface area contributed by atoms with Crippen molar-refractivity contribution in [2.45, 2.75) is 32.4 Å². The highest BCUT2D eigenvalue weighted by Gasteiger charge is 2.23. The molecule has 3 aromatic rings. The molecule has 0 spiro atoms. The van der Waals surface area contributed by atoms with Gasteiger partial charge in [0, 0.05) is 38.9 Å². The summed E-state index contributed by atoms with van der Waals surface area (Å²) in [7, 11) is 3.97. The fourth-order valence-corrected chi connectivity index (χ4v) is 3.97. The molecule has 32 heavy (non-hydrogen) atoms. The Bertz CT molecular complexity index is 1110. The Morgan fingerprint density at radius 2 is 1.91 bits per heavy atom. The van der Waals surface area contributed by atoms with E-state index in [0.29, 0.717) is 5.56 Å². The van der Waals surface area contributed by atoms with Crippen LogP contribution in [0.2, 0.25) is 0 Å². The van der Waals surface area contributed by atoms with E-state index in [1.54, 1.807) is 24.7 Å². The zero-order chi connectivity index (χ0) is 22.9. The van der Waals surface area contributed by atoms with Gasteiger partial charge in [0.1, 0.15) is 11.5 Å². The Morgan fingerprint density at radius 1 is 1.12 bits per heavy atom. The average molecular weight is 435 g/mol. The van der Waals surface area contributed by atoms with Gasteiger partial charge in [0.25, 0.3) is 0 Å².